The van der Waals surface area contributed by atoms with Crippen molar-refractivity contribution >= 4 is 27.5 Å². The minimum absolute atomic E-state index is 0.103. The quantitative estimate of drug-likeness (QED) is 0.281. The second-order valence-electron chi connectivity index (χ2n) is 7.97. The third kappa shape index (κ3) is 6.25. The molecule has 0 unspecified atom stereocenters. The van der Waals surface area contributed by atoms with Crippen molar-refractivity contribution in [1.29, 1.82) is 0 Å². The van der Waals surface area contributed by atoms with Gasteiger partial charge in [-0.25, -0.2) is 9.78 Å². The first-order valence-electron chi connectivity index (χ1n) is 11.2. The van der Waals surface area contributed by atoms with E-state index in [-0.39, 0.29) is 38.5 Å². The zero-order valence-corrected chi connectivity index (χ0v) is 20.3. The van der Waals surface area contributed by atoms with Crippen molar-refractivity contribution in [2.75, 3.05) is 19.8 Å². The predicted molar refractivity (Wildman–Crippen MR) is 128 cm³/mol. The Balaban J connectivity index is 1.49. The van der Waals surface area contributed by atoms with Crippen LogP contribution in [0.3, 0.4) is 0 Å². The smallest absolute Gasteiger partial charge is 0.348 e. The van der Waals surface area contributed by atoms with Crippen LogP contribution in [0.2, 0.25) is 0 Å². The molecule has 4 heterocycles. The van der Waals surface area contributed by atoms with Gasteiger partial charge in [-0.05, 0) is 43.7 Å². The van der Waals surface area contributed by atoms with Gasteiger partial charge in [0.05, 0.1) is 50.3 Å². The number of aromatic amines is 1. The van der Waals surface area contributed by atoms with E-state index in [2.05, 4.69) is 9.97 Å². The number of aliphatic hydroxyl groups is 1. The number of aromatic nitrogens is 2. The van der Waals surface area contributed by atoms with Crippen LogP contribution in [0.4, 0.5) is 0 Å². The highest BCUT2D eigenvalue weighted by Gasteiger charge is 2.21. The summed E-state index contributed by atoms with van der Waals surface area (Å²) in [6.07, 6.45) is 2.35. The Morgan fingerprint density at radius 3 is 2.66 bits per heavy atom. The van der Waals surface area contributed by atoms with Crippen LogP contribution in [-0.2, 0) is 29.2 Å². The van der Waals surface area contributed by atoms with E-state index < -0.39 is 12.1 Å². The van der Waals surface area contributed by atoms with Crippen LogP contribution in [0.1, 0.15) is 39.5 Å². The lowest BCUT2D eigenvalue weighted by Crippen LogP contribution is -2.35. The first kappa shape index (κ1) is 24.9. The van der Waals surface area contributed by atoms with Crippen LogP contribution in [-0.4, -0.2) is 51.8 Å². The molecule has 1 atom stereocenters. The second kappa shape index (κ2) is 11.5. The molecule has 0 bridgehead atoms. The van der Waals surface area contributed by atoms with Crippen molar-refractivity contribution in [3.8, 4) is 0 Å². The van der Waals surface area contributed by atoms with E-state index in [0.717, 1.165) is 11.3 Å². The average Bonchev–Trinajstić information content (AvgIpc) is 3.56. The molecule has 0 aliphatic heterocycles. The van der Waals surface area contributed by atoms with Gasteiger partial charge in [-0.1, -0.05) is 0 Å². The molecular formula is C24H27N3O7S. The summed E-state index contributed by atoms with van der Waals surface area (Å²) in [4.78, 5) is 35.2. The van der Waals surface area contributed by atoms with Crippen LogP contribution >= 0.6 is 11.3 Å². The minimum Gasteiger partial charge on any atom is -0.468 e. The molecule has 35 heavy (non-hydrogen) atoms. The molecule has 0 fully saturated rings. The number of rotatable bonds is 12. The van der Waals surface area contributed by atoms with Gasteiger partial charge in [0.25, 0.3) is 5.56 Å². The van der Waals surface area contributed by atoms with Crippen molar-refractivity contribution in [2.24, 2.45) is 0 Å². The molecule has 10 nitrogen and oxygen atoms in total. The molecular weight excluding hydrogens is 474 g/mol. The van der Waals surface area contributed by atoms with Gasteiger partial charge in [0.2, 0.25) is 0 Å². The summed E-state index contributed by atoms with van der Waals surface area (Å²) in [6, 6.07) is 7.19. The van der Waals surface area contributed by atoms with Gasteiger partial charge in [0, 0.05) is 6.54 Å². The average molecular weight is 502 g/mol. The van der Waals surface area contributed by atoms with E-state index in [1.54, 1.807) is 44.6 Å². The molecule has 0 aromatic carbocycles. The van der Waals surface area contributed by atoms with Crippen molar-refractivity contribution in [2.45, 2.75) is 39.6 Å². The van der Waals surface area contributed by atoms with Crippen LogP contribution in [0.15, 0.2) is 50.4 Å². The predicted octanol–water partition coefficient (Wildman–Crippen LogP) is 3.24. The monoisotopic (exact) mass is 501 g/mol. The van der Waals surface area contributed by atoms with Gasteiger partial charge < -0.3 is 28.4 Å². The number of nitrogens with one attached hydrogen (secondary N) is 1. The van der Waals surface area contributed by atoms with Crippen molar-refractivity contribution in [3.05, 3.63) is 74.9 Å². The van der Waals surface area contributed by atoms with Crippen molar-refractivity contribution in [3.63, 3.8) is 0 Å². The number of aryl methyl sites for hydroxylation is 1. The fourth-order valence-electron chi connectivity index (χ4n) is 3.72. The van der Waals surface area contributed by atoms with E-state index in [4.69, 9.17) is 18.3 Å². The number of carbonyl (C=O) groups excluding carboxylic acids is 1. The summed E-state index contributed by atoms with van der Waals surface area (Å²) in [5.74, 6) is 1.32. The maximum absolute atomic E-state index is 12.8. The fraction of sp³-hybridized carbons (Fsp3) is 0.375. The van der Waals surface area contributed by atoms with Gasteiger partial charge in [0.15, 0.2) is 0 Å². The summed E-state index contributed by atoms with van der Waals surface area (Å²) in [6.45, 7) is 4.93. The van der Waals surface area contributed by atoms with Crippen molar-refractivity contribution < 1.29 is 28.2 Å². The molecule has 0 radical (unpaired) electrons. The highest BCUT2D eigenvalue weighted by atomic mass is 32.1. The van der Waals surface area contributed by atoms with Gasteiger partial charge in [-0.3, -0.25) is 9.69 Å². The number of furan rings is 2. The minimum atomic E-state index is -0.797. The van der Waals surface area contributed by atoms with E-state index in [1.807, 2.05) is 11.0 Å². The molecule has 0 saturated carbocycles. The van der Waals surface area contributed by atoms with E-state index in [9.17, 15) is 14.7 Å². The number of carbonyl (C=O) groups is 1. The Morgan fingerprint density at radius 1 is 1.23 bits per heavy atom. The SMILES string of the molecule is CCOC(=O)c1sc2nc(CN(Cc3ccco3)C[C@@H](O)COCc3ccco3)[nH]c(=O)c2c1C. The van der Waals surface area contributed by atoms with Gasteiger partial charge in [-0.2, -0.15) is 0 Å². The molecule has 11 heteroatoms. The number of esters is 1. The Hall–Kier alpha value is -3.25. The number of thiophene rings is 1. The standard InChI is InChI=1S/C24H27N3O7S/c1-3-32-24(30)21-15(2)20-22(29)25-19(26-23(20)35-21)12-27(11-17-6-4-8-33-17)10-16(28)13-31-14-18-7-5-9-34-18/h4-9,16,28H,3,10-14H2,1-2H3,(H,25,26,29)/t16-/m1/s1. The summed E-state index contributed by atoms with van der Waals surface area (Å²) < 4.78 is 21.3. The number of aliphatic hydroxyl groups excluding tert-OH is 1. The van der Waals surface area contributed by atoms with Crippen LogP contribution in [0.25, 0.3) is 10.2 Å². The highest BCUT2D eigenvalue weighted by molar-refractivity contribution is 7.20. The fourth-order valence-corrected chi connectivity index (χ4v) is 4.81. The van der Waals surface area contributed by atoms with Gasteiger partial charge >= 0.3 is 5.97 Å². The van der Waals surface area contributed by atoms with Crippen LogP contribution in [0, 0.1) is 6.92 Å². The second-order valence-corrected chi connectivity index (χ2v) is 8.97. The van der Waals surface area contributed by atoms with E-state index in [1.165, 1.54) is 0 Å². The molecule has 0 amide bonds. The summed E-state index contributed by atoms with van der Waals surface area (Å²) in [5.41, 5.74) is 0.231. The Kier molecular flexibility index (Phi) is 8.13. The maximum Gasteiger partial charge on any atom is 0.348 e. The molecule has 0 aliphatic carbocycles. The molecule has 0 aliphatic rings. The first-order chi connectivity index (χ1) is 16.9. The molecule has 0 spiro atoms. The highest BCUT2D eigenvalue weighted by Crippen LogP contribution is 2.27. The molecule has 4 aromatic rings. The van der Waals surface area contributed by atoms with E-state index >= 15 is 0 Å². The van der Waals surface area contributed by atoms with Crippen LogP contribution in [0.5, 0.6) is 0 Å². The molecule has 0 saturated heterocycles. The van der Waals surface area contributed by atoms with Crippen molar-refractivity contribution in [1.82, 2.24) is 14.9 Å². The zero-order valence-electron chi connectivity index (χ0n) is 19.5. The molecule has 186 valence electrons. The normalized spacial score (nSPS) is 12.5. The Bertz CT molecular complexity index is 1290. The zero-order chi connectivity index (χ0) is 24.8. The topological polar surface area (TPSA) is 131 Å². The summed E-state index contributed by atoms with van der Waals surface area (Å²) >= 11 is 1.14. The number of nitrogens with zero attached hydrogens (tertiary/aromatic N) is 2. The first-order valence-corrected chi connectivity index (χ1v) is 12.0. The number of hydrogen-bond acceptors (Lipinski definition) is 10. The number of ether oxygens (including phenoxy) is 2. The molecule has 4 rings (SSSR count). The van der Waals surface area contributed by atoms with Crippen LogP contribution < -0.4 is 5.56 Å². The lowest BCUT2D eigenvalue weighted by molar-refractivity contribution is 0.00125. The lowest BCUT2D eigenvalue weighted by atomic mass is 10.2. The number of hydrogen-bond donors (Lipinski definition) is 2. The number of fused-ring (bicyclic) bond motifs is 1. The number of H-pyrrole nitrogens is 1. The van der Waals surface area contributed by atoms with E-state index in [0.29, 0.717) is 44.5 Å². The Morgan fingerprint density at radius 2 is 1.97 bits per heavy atom. The van der Waals surface area contributed by atoms with Gasteiger partial charge in [0.1, 0.15) is 33.7 Å². The molecule has 4 aromatic heterocycles. The summed E-state index contributed by atoms with van der Waals surface area (Å²) in [5, 5.41) is 10.9. The van der Waals surface area contributed by atoms with Gasteiger partial charge in [-0.15, -0.1) is 11.3 Å². The molecule has 2 N–H and O–H groups in total. The Labute approximate surface area is 205 Å². The maximum atomic E-state index is 12.8. The summed E-state index contributed by atoms with van der Waals surface area (Å²) in [7, 11) is 0. The lowest BCUT2D eigenvalue weighted by Gasteiger charge is -2.23. The third-order valence-electron chi connectivity index (χ3n) is 5.25. The third-order valence-corrected chi connectivity index (χ3v) is 6.41. The largest absolute Gasteiger partial charge is 0.468 e.